The molecule has 1 atom stereocenters. The van der Waals surface area contributed by atoms with Crippen molar-refractivity contribution in [3.05, 3.63) is 63.3 Å². The maximum absolute atomic E-state index is 12.7. The molecule has 3 rings (SSSR count). The fraction of sp³-hybridized carbons (Fsp3) is 0.389. The van der Waals surface area contributed by atoms with E-state index in [2.05, 4.69) is 15.3 Å². The van der Waals surface area contributed by atoms with E-state index in [1.165, 1.54) is 0 Å². The van der Waals surface area contributed by atoms with Gasteiger partial charge in [0.2, 0.25) is 0 Å². The number of aromatic nitrogens is 2. The lowest BCUT2D eigenvalue weighted by Crippen LogP contribution is -2.43. The number of pyridine rings is 2. The van der Waals surface area contributed by atoms with Crippen LogP contribution in [0.15, 0.2) is 35.3 Å². The highest BCUT2D eigenvalue weighted by atomic mass is 16.3. The van der Waals surface area contributed by atoms with Crippen molar-refractivity contribution < 1.29 is 9.90 Å². The predicted octanol–water partition coefficient (Wildman–Crippen LogP) is 1.63. The lowest BCUT2D eigenvalue weighted by atomic mass is 9.76. The summed E-state index contributed by atoms with van der Waals surface area (Å²) in [4.78, 5) is 31.8. The number of carbonyl (C=O) groups is 1. The number of rotatable bonds is 4. The van der Waals surface area contributed by atoms with Crippen molar-refractivity contribution in [1.82, 2.24) is 15.3 Å². The number of aromatic amines is 1. The highest BCUT2D eigenvalue weighted by molar-refractivity contribution is 5.95. The molecule has 2 aromatic heterocycles. The zero-order chi connectivity index (χ0) is 17.3. The number of aliphatic hydroxyl groups excluding tert-OH is 1. The van der Waals surface area contributed by atoms with E-state index in [0.29, 0.717) is 18.4 Å². The third-order valence-corrected chi connectivity index (χ3v) is 4.51. The third kappa shape index (κ3) is 3.23. The molecular weight excluding hydrogens is 306 g/mol. The van der Waals surface area contributed by atoms with Crippen LogP contribution in [0.25, 0.3) is 0 Å². The van der Waals surface area contributed by atoms with Crippen LogP contribution < -0.4 is 10.9 Å². The second kappa shape index (κ2) is 6.57. The molecular formula is C18H21N3O3. The second-order valence-electron chi connectivity index (χ2n) is 6.43. The first-order valence-corrected chi connectivity index (χ1v) is 8.06. The highest BCUT2D eigenvalue weighted by Gasteiger charge is 2.36. The molecule has 0 spiro atoms. The van der Waals surface area contributed by atoms with Crippen molar-refractivity contribution in [2.45, 2.75) is 38.8 Å². The van der Waals surface area contributed by atoms with Crippen molar-refractivity contribution in [1.29, 1.82) is 0 Å². The van der Waals surface area contributed by atoms with Gasteiger partial charge in [-0.1, -0.05) is 6.07 Å². The van der Waals surface area contributed by atoms with Gasteiger partial charge in [0.15, 0.2) is 0 Å². The molecule has 126 valence electrons. The monoisotopic (exact) mass is 327 g/mol. The Balaban J connectivity index is 1.88. The maximum Gasteiger partial charge on any atom is 0.261 e. The molecule has 0 aliphatic heterocycles. The molecule has 3 N–H and O–H groups in total. The van der Waals surface area contributed by atoms with Crippen molar-refractivity contribution in [3.63, 3.8) is 0 Å². The van der Waals surface area contributed by atoms with Gasteiger partial charge in [-0.05, 0) is 56.4 Å². The largest absolute Gasteiger partial charge is 0.393 e. The van der Waals surface area contributed by atoms with Crippen LogP contribution in [-0.2, 0) is 0 Å². The van der Waals surface area contributed by atoms with Gasteiger partial charge in [0.1, 0.15) is 5.56 Å². The van der Waals surface area contributed by atoms with Crippen LogP contribution in [0.5, 0.6) is 0 Å². The van der Waals surface area contributed by atoms with E-state index in [0.717, 1.165) is 11.4 Å². The van der Waals surface area contributed by atoms with Crippen molar-refractivity contribution in [2.24, 2.45) is 5.92 Å². The first kappa shape index (κ1) is 16.4. The summed E-state index contributed by atoms with van der Waals surface area (Å²) < 4.78 is 0. The molecule has 2 heterocycles. The summed E-state index contributed by atoms with van der Waals surface area (Å²) in [5.74, 6) is -0.297. The van der Waals surface area contributed by atoms with E-state index in [1.54, 1.807) is 26.1 Å². The molecule has 1 fully saturated rings. The standard InChI is InChI=1S/C18H21N3O3/c1-10-7-11(2)20-17(23)15(10)18(24)21-16(12-8-13(22)9-12)14-5-3-4-6-19-14/h3-7,12-13,16,22H,8-9H2,1-2H3,(H,20,23)(H,21,24)/t12?,13?,16-/m1/s1. The van der Waals surface area contributed by atoms with Gasteiger partial charge in [0.25, 0.3) is 11.5 Å². The number of hydrogen-bond acceptors (Lipinski definition) is 4. The van der Waals surface area contributed by atoms with Gasteiger partial charge in [-0.25, -0.2) is 0 Å². The molecule has 1 aliphatic rings. The lowest BCUT2D eigenvalue weighted by molar-refractivity contribution is 0.0228. The van der Waals surface area contributed by atoms with E-state index in [9.17, 15) is 14.7 Å². The topological polar surface area (TPSA) is 95.1 Å². The van der Waals surface area contributed by atoms with Crippen LogP contribution in [0, 0.1) is 19.8 Å². The first-order chi connectivity index (χ1) is 11.5. The van der Waals surface area contributed by atoms with Gasteiger partial charge >= 0.3 is 0 Å². The quantitative estimate of drug-likeness (QED) is 0.795. The molecule has 0 aromatic carbocycles. The van der Waals surface area contributed by atoms with Gasteiger partial charge in [-0.2, -0.15) is 0 Å². The number of hydrogen-bond donors (Lipinski definition) is 3. The van der Waals surface area contributed by atoms with Gasteiger partial charge in [0, 0.05) is 11.9 Å². The Labute approximate surface area is 140 Å². The minimum atomic E-state index is -0.411. The normalized spacial score (nSPS) is 21.0. The molecule has 0 unspecified atom stereocenters. The Morgan fingerprint density at radius 1 is 1.38 bits per heavy atom. The molecule has 1 aliphatic carbocycles. The number of aryl methyl sites for hydroxylation is 2. The number of carbonyl (C=O) groups excluding carboxylic acids is 1. The zero-order valence-corrected chi connectivity index (χ0v) is 13.7. The van der Waals surface area contributed by atoms with E-state index < -0.39 is 11.5 Å². The van der Waals surface area contributed by atoms with Crippen LogP contribution in [-0.4, -0.2) is 27.1 Å². The fourth-order valence-electron chi connectivity index (χ4n) is 3.24. The minimum absolute atomic E-state index is 0.115. The second-order valence-corrected chi connectivity index (χ2v) is 6.43. The fourth-order valence-corrected chi connectivity index (χ4v) is 3.24. The van der Waals surface area contributed by atoms with Crippen molar-refractivity contribution in [2.75, 3.05) is 0 Å². The molecule has 0 saturated heterocycles. The average molecular weight is 327 g/mol. The zero-order valence-electron chi connectivity index (χ0n) is 13.7. The molecule has 0 radical (unpaired) electrons. The first-order valence-electron chi connectivity index (χ1n) is 8.06. The molecule has 24 heavy (non-hydrogen) atoms. The van der Waals surface area contributed by atoms with Crippen LogP contribution in [0.2, 0.25) is 0 Å². The Hall–Kier alpha value is -2.47. The van der Waals surface area contributed by atoms with Crippen molar-refractivity contribution >= 4 is 5.91 Å². The Bertz CT molecular complexity index is 795. The number of nitrogens with zero attached hydrogens (tertiary/aromatic N) is 1. The van der Waals surface area contributed by atoms with Gasteiger partial charge in [0.05, 0.1) is 17.8 Å². The Morgan fingerprint density at radius 2 is 2.12 bits per heavy atom. The maximum atomic E-state index is 12.7. The number of amides is 1. The summed E-state index contributed by atoms with van der Waals surface area (Å²) in [7, 11) is 0. The van der Waals surface area contributed by atoms with Gasteiger partial charge < -0.3 is 15.4 Å². The molecule has 1 amide bonds. The summed E-state index contributed by atoms with van der Waals surface area (Å²) in [6.07, 6.45) is 2.57. The average Bonchev–Trinajstić information content (AvgIpc) is 2.49. The van der Waals surface area contributed by atoms with E-state index in [-0.39, 0.29) is 23.6 Å². The van der Waals surface area contributed by atoms with Crippen LogP contribution >= 0.6 is 0 Å². The number of aliphatic hydroxyl groups is 1. The van der Waals surface area contributed by atoms with Crippen LogP contribution in [0.4, 0.5) is 0 Å². The van der Waals surface area contributed by atoms with E-state index >= 15 is 0 Å². The molecule has 6 heteroatoms. The Morgan fingerprint density at radius 3 is 2.71 bits per heavy atom. The summed E-state index contributed by atoms with van der Waals surface area (Å²) >= 11 is 0. The third-order valence-electron chi connectivity index (χ3n) is 4.51. The van der Waals surface area contributed by atoms with E-state index in [4.69, 9.17) is 0 Å². The lowest BCUT2D eigenvalue weighted by Gasteiger charge is -2.37. The smallest absolute Gasteiger partial charge is 0.261 e. The van der Waals surface area contributed by atoms with E-state index in [1.807, 2.05) is 18.2 Å². The van der Waals surface area contributed by atoms with Crippen LogP contribution in [0.3, 0.4) is 0 Å². The molecule has 2 aromatic rings. The summed E-state index contributed by atoms with van der Waals surface area (Å²) in [6, 6.07) is 6.98. The molecule has 0 bridgehead atoms. The SMILES string of the molecule is Cc1cc(C)c(C(=O)N[C@@H](c2ccccn2)C2CC(O)C2)c(=O)[nH]1. The van der Waals surface area contributed by atoms with Gasteiger partial charge in [-0.3, -0.25) is 14.6 Å². The predicted molar refractivity (Wildman–Crippen MR) is 89.7 cm³/mol. The number of nitrogens with one attached hydrogen (secondary N) is 2. The summed E-state index contributed by atoms with van der Waals surface area (Å²) in [6.45, 7) is 3.53. The number of H-pyrrole nitrogens is 1. The summed E-state index contributed by atoms with van der Waals surface area (Å²) in [5, 5.41) is 12.5. The molecule has 1 saturated carbocycles. The molecule has 6 nitrogen and oxygen atoms in total. The van der Waals surface area contributed by atoms with Gasteiger partial charge in [-0.15, -0.1) is 0 Å². The highest BCUT2D eigenvalue weighted by Crippen LogP contribution is 2.37. The minimum Gasteiger partial charge on any atom is -0.393 e. The van der Waals surface area contributed by atoms with Crippen LogP contribution in [0.1, 0.15) is 46.2 Å². The summed E-state index contributed by atoms with van der Waals surface area (Å²) in [5.41, 5.74) is 1.84. The Kier molecular flexibility index (Phi) is 4.49. The van der Waals surface area contributed by atoms with Crippen molar-refractivity contribution in [3.8, 4) is 0 Å².